The molecule has 0 spiro atoms. The highest BCUT2D eigenvalue weighted by Gasteiger charge is 2.18. The lowest BCUT2D eigenvalue weighted by Gasteiger charge is -2.11. The molecule has 5 nitrogen and oxygen atoms in total. The largest absolute Gasteiger partial charge is 0.459 e. The normalized spacial score (nSPS) is 11.4. The molecule has 0 radical (unpaired) electrons. The molecule has 1 aromatic carbocycles. The van der Waals surface area contributed by atoms with Gasteiger partial charge in [-0.1, -0.05) is 6.07 Å². The standard InChI is InChI=1S/C19H19NO4/c1-9(2)23-19(22)13-8-15-16(21)14-7-10(3)6-11(4)17(14)24-18(15)20-12(13)5/h6-9H,1-5H3. The van der Waals surface area contributed by atoms with E-state index in [1.165, 1.54) is 6.07 Å². The van der Waals surface area contributed by atoms with E-state index in [1.54, 1.807) is 26.8 Å². The summed E-state index contributed by atoms with van der Waals surface area (Å²) in [5.74, 6) is -0.489. The Kier molecular flexibility index (Phi) is 3.87. The second-order valence-corrected chi connectivity index (χ2v) is 6.32. The number of carbonyl (C=O) groups excluding carboxylic acids is 1. The summed E-state index contributed by atoms with van der Waals surface area (Å²) in [4.78, 5) is 29.4. The zero-order chi connectivity index (χ0) is 17.6. The van der Waals surface area contributed by atoms with E-state index in [0.717, 1.165) is 11.1 Å². The number of fused-ring (bicyclic) bond motifs is 2. The predicted molar refractivity (Wildman–Crippen MR) is 92.5 cm³/mol. The highest BCUT2D eigenvalue weighted by Crippen LogP contribution is 2.23. The Hall–Kier alpha value is -2.69. The van der Waals surface area contributed by atoms with E-state index in [9.17, 15) is 9.59 Å². The molecule has 124 valence electrons. The van der Waals surface area contributed by atoms with E-state index in [4.69, 9.17) is 9.15 Å². The van der Waals surface area contributed by atoms with Gasteiger partial charge in [0.2, 0.25) is 11.1 Å². The molecule has 0 aliphatic rings. The summed E-state index contributed by atoms with van der Waals surface area (Å²) in [7, 11) is 0. The van der Waals surface area contributed by atoms with Gasteiger partial charge in [0.05, 0.1) is 28.1 Å². The average molecular weight is 325 g/mol. The monoisotopic (exact) mass is 325 g/mol. The number of aryl methyl sites for hydroxylation is 3. The summed E-state index contributed by atoms with van der Waals surface area (Å²) in [6.07, 6.45) is -0.245. The first-order valence-electron chi connectivity index (χ1n) is 7.84. The van der Waals surface area contributed by atoms with E-state index < -0.39 is 5.97 Å². The zero-order valence-electron chi connectivity index (χ0n) is 14.4. The average Bonchev–Trinajstić information content (AvgIpc) is 2.47. The van der Waals surface area contributed by atoms with Crippen molar-refractivity contribution in [3.8, 4) is 0 Å². The van der Waals surface area contributed by atoms with Crippen LogP contribution in [0.2, 0.25) is 0 Å². The Morgan fingerprint density at radius 3 is 2.50 bits per heavy atom. The van der Waals surface area contributed by atoms with Crippen LogP contribution in [0.4, 0.5) is 0 Å². The first kappa shape index (κ1) is 16.2. The van der Waals surface area contributed by atoms with E-state index >= 15 is 0 Å². The minimum Gasteiger partial charge on any atom is -0.459 e. The van der Waals surface area contributed by atoms with Crippen LogP contribution in [0.5, 0.6) is 0 Å². The lowest BCUT2D eigenvalue weighted by molar-refractivity contribution is 0.0376. The van der Waals surface area contributed by atoms with Crippen molar-refractivity contribution >= 4 is 28.0 Å². The van der Waals surface area contributed by atoms with Crippen molar-refractivity contribution in [2.75, 3.05) is 0 Å². The summed E-state index contributed by atoms with van der Waals surface area (Å²) in [5, 5.41) is 0.780. The lowest BCUT2D eigenvalue weighted by atomic mass is 10.1. The molecule has 5 heteroatoms. The molecule has 0 N–H and O–H groups in total. The van der Waals surface area contributed by atoms with E-state index in [0.29, 0.717) is 16.7 Å². The van der Waals surface area contributed by atoms with Crippen molar-refractivity contribution in [2.24, 2.45) is 0 Å². The van der Waals surface area contributed by atoms with Crippen LogP contribution in [0.15, 0.2) is 27.4 Å². The Balaban J connectivity index is 2.33. The summed E-state index contributed by atoms with van der Waals surface area (Å²) < 4.78 is 11.1. The maximum Gasteiger partial charge on any atom is 0.340 e. The van der Waals surface area contributed by atoms with Gasteiger partial charge in [-0.05, 0) is 57.9 Å². The Bertz CT molecular complexity index is 1030. The molecule has 0 aliphatic carbocycles. The number of carbonyl (C=O) groups is 1. The van der Waals surface area contributed by atoms with Crippen LogP contribution >= 0.6 is 0 Å². The molecule has 0 bridgehead atoms. The van der Waals surface area contributed by atoms with Gasteiger partial charge in [0.1, 0.15) is 5.58 Å². The summed E-state index contributed by atoms with van der Waals surface area (Å²) >= 11 is 0. The number of hydrogen-bond donors (Lipinski definition) is 0. The second kappa shape index (κ2) is 5.74. The first-order chi connectivity index (χ1) is 11.3. The fraction of sp³-hybridized carbons (Fsp3) is 0.316. The number of pyridine rings is 1. The minimum atomic E-state index is -0.489. The molecule has 0 fully saturated rings. The summed E-state index contributed by atoms with van der Waals surface area (Å²) in [6.45, 7) is 9.06. The Morgan fingerprint density at radius 2 is 1.83 bits per heavy atom. The predicted octanol–water partition coefficient (Wildman–Crippen LogP) is 3.83. The molecule has 0 saturated carbocycles. The number of hydrogen-bond acceptors (Lipinski definition) is 5. The van der Waals surface area contributed by atoms with Gasteiger partial charge in [0.25, 0.3) is 0 Å². The number of nitrogens with zero attached hydrogens (tertiary/aromatic N) is 1. The maximum atomic E-state index is 12.8. The molecular weight excluding hydrogens is 306 g/mol. The number of ether oxygens (including phenoxy) is 1. The van der Waals surface area contributed by atoms with Crippen LogP contribution in [0.1, 0.15) is 41.0 Å². The quantitative estimate of drug-likeness (QED) is 0.529. The maximum absolute atomic E-state index is 12.8. The van der Waals surface area contributed by atoms with Crippen molar-refractivity contribution in [3.05, 3.63) is 50.8 Å². The van der Waals surface area contributed by atoms with Gasteiger partial charge < -0.3 is 9.15 Å². The third-order valence-electron chi connectivity index (χ3n) is 3.85. The van der Waals surface area contributed by atoms with Crippen LogP contribution in [0.25, 0.3) is 22.1 Å². The summed E-state index contributed by atoms with van der Waals surface area (Å²) in [5.41, 5.74) is 3.19. The van der Waals surface area contributed by atoms with Gasteiger partial charge in [-0.15, -0.1) is 0 Å². The molecule has 0 unspecified atom stereocenters. The molecule has 2 aromatic heterocycles. The van der Waals surface area contributed by atoms with Crippen LogP contribution in [0.3, 0.4) is 0 Å². The van der Waals surface area contributed by atoms with Gasteiger partial charge in [0.15, 0.2) is 0 Å². The minimum absolute atomic E-state index is 0.191. The van der Waals surface area contributed by atoms with Crippen LogP contribution in [0, 0.1) is 20.8 Å². The molecule has 0 saturated heterocycles. The van der Waals surface area contributed by atoms with Crippen LogP contribution in [-0.2, 0) is 4.74 Å². The fourth-order valence-electron chi connectivity index (χ4n) is 2.81. The number of benzene rings is 1. The molecule has 3 rings (SSSR count). The van der Waals surface area contributed by atoms with E-state index in [2.05, 4.69) is 4.98 Å². The van der Waals surface area contributed by atoms with Crippen molar-refractivity contribution < 1.29 is 13.9 Å². The number of rotatable bonds is 2. The molecule has 0 aliphatic heterocycles. The molecule has 3 aromatic rings. The number of esters is 1. The molecule has 0 amide bonds. The van der Waals surface area contributed by atoms with Crippen LogP contribution in [-0.4, -0.2) is 17.1 Å². The molecule has 24 heavy (non-hydrogen) atoms. The summed E-state index contributed by atoms with van der Waals surface area (Å²) in [6, 6.07) is 5.27. The topological polar surface area (TPSA) is 69.4 Å². The van der Waals surface area contributed by atoms with Gasteiger partial charge in [-0.3, -0.25) is 4.79 Å². The SMILES string of the molecule is Cc1cc(C)c2oc3nc(C)c(C(=O)OC(C)C)cc3c(=O)c2c1. The first-order valence-corrected chi connectivity index (χ1v) is 7.84. The smallest absolute Gasteiger partial charge is 0.340 e. The highest BCUT2D eigenvalue weighted by molar-refractivity contribution is 5.97. The lowest BCUT2D eigenvalue weighted by Crippen LogP contribution is -2.15. The van der Waals surface area contributed by atoms with Gasteiger partial charge in [-0.25, -0.2) is 9.78 Å². The van der Waals surface area contributed by atoms with E-state index in [-0.39, 0.29) is 28.2 Å². The van der Waals surface area contributed by atoms with Crippen molar-refractivity contribution in [1.82, 2.24) is 4.98 Å². The Morgan fingerprint density at radius 1 is 1.12 bits per heavy atom. The van der Waals surface area contributed by atoms with E-state index in [1.807, 2.05) is 19.9 Å². The van der Waals surface area contributed by atoms with Crippen molar-refractivity contribution in [3.63, 3.8) is 0 Å². The fourth-order valence-corrected chi connectivity index (χ4v) is 2.81. The molecular formula is C19H19NO4. The third-order valence-corrected chi connectivity index (χ3v) is 3.85. The number of aromatic nitrogens is 1. The third kappa shape index (κ3) is 2.66. The molecule has 0 atom stereocenters. The highest BCUT2D eigenvalue weighted by atomic mass is 16.5. The Labute approximate surface area is 139 Å². The van der Waals surface area contributed by atoms with Gasteiger partial charge >= 0.3 is 5.97 Å². The van der Waals surface area contributed by atoms with Crippen LogP contribution < -0.4 is 5.43 Å². The van der Waals surface area contributed by atoms with Crippen molar-refractivity contribution in [2.45, 2.75) is 40.7 Å². The molecule has 2 heterocycles. The zero-order valence-corrected chi connectivity index (χ0v) is 14.4. The van der Waals surface area contributed by atoms with Gasteiger partial charge in [0, 0.05) is 0 Å². The second-order valence-electron chi connectivity index (χ2n) is 6.32. The van der Waals surface area contributed by atoms with Crippen molar-refractivity contribution in [1.29, 1.82) is 0 Å². The van der Waals surface area contributed by atoms with Gasteiger partial charge in [-0.2, -0.15) is 0 Å².